The molecule has 0 aliphatic carbocycles. The van der Waals surface area contributed by atoms with Crippen molar-refractivity contribution in [1.82, 2.24) is 10.6 Å². The second-order valence-corrected chi connectivity index (χ2v) is 6.45. The molecule has 1 rings (SSSR count). The monoisotopic (exact) mass is 240 g/mol. The molecule has 2 N–H and O–H groups in total. The van der Waals surface area contributed by atoms with Gasteiger partial charge < -0.3 is 10.6 Å². The number of rotatable bonds is 4. The van der Waals surface area contributed by atoms with Gasteiger partial charge in [-0.15, -0.1) is 0 Å². The van der Waals surface area contributed by atoms with Crippen molar-refractivity contribution in [2.75, 3.05) is 19.6 Å². The minimum atomic E-state index is -0.108. The second-order valence-electron chi connectivity index (χ2n) is 6.45. The maximum absolute atomic E-state index is 12.3. The molecule has 3 heteroatoms. The highest BCUT2D eigenvalue weighted by Crippen LogP contribution is 2.32. The molecule has 0 unspecified atom stereocenters. The van der Waals surface area contributed by atoms with Crippen LogP contribution in [0.1, 0.15) is 53.4 Å². The summed E-state index contributed by atoms with van der Waals surface area (Å²) in [5.41, 5.74) is 0.184. The summed E-state index contributed by atoms with van der Waals surface area (Å²) in [5.74, 6) is 0.269. The zero-order chi connectivity index (χ0) is 12.9. The van der Waals surface area contributed by atoms with Crippen LogP contribution < -0.4 is 10.6 Å². The SMILES string of the molecule is CCC1(C(=O)NCCC(C)(C)C)CCNCC1. The van der Waals surface area contributed by atoms with E-state index in [-0.39, 0.29) is 11.3 Å². The van der Waals surface area contributed by atoms with Crippen LogP contribution in [0.4, 0.5) is 0 Å². The Labute approximate surface area is 106 Å². The van der Waals surface area contributed by atoms with Crippen LogP contribution in [0.2, 0.25) is 0 Å². The van der Waals surface area contributed by atoms with E-state index in [2.05, 4.69) is 38.3 Å². The maximum atomic E-state index is 12.3. The molecule has 100 valence electrons. The molecule has 0 spiro atoms. The van der Waals surface area contributed by atoms with Gasteiger partial charge in [-0.05, 0) is 44.2 Å². The van der Waals surface area contributed by atoms with Crippen molar-refractivity contribution in [3.8, 4) is 0 Å². The van der Waals surface area contributed by atoms with Gasteiger partial charge in [-0.1, -0.05) is 27.7 Å². The standard InChI is InChI=1S/C14H28N2O/c1-5-14(7-9-15-10-8-14)12(17)16-11-6-13(2,3)4/h15H,5-11H2,1-4H3,(H,16,17). The minimum absolute atomic E-state index is 0.108. The molecule has 0 aromatic carbocycles. The normalized spacial score (nSPS) is 20.0. The lowest BCUT2D eigenvalue weighted by atomic mass is 9.76. The molecule has 0 atom stereocenters. The Morgan fingerprint density at radius 3 is 2.35 bits per heavy atom. The molecule has 1 saturated heterocycles. The van der Waals surface area contributed by atoms with Crippen LogP contribution in [0.3, 0.4) is 0 Å². The van der Waals surface area contributed by atoms with Crippen LogP contribution in [0, 0.1) is 10.8 Å². The van der Waals surface area contributed by atoms with Gasteiger partial charge in [0.2, 0.25) is 5.91 Å². The summed E-state index contributed by atoms with van der Waals surface area (Å²) < 4.78 is 0. The fraction of sp³-hybridized carbons (Fsp3) is 0.929. The Kier molecular flexibility index (Phi) is 4.99. The van der Waals surface area contributed by atoms with Crippen LogP contribution >= 0.6 is 0 Å². The Balaban J connectivity index is 2.44. The molecule has 1 amide bonds. The molecule has 0 aromatic rings. The van der Waals surface area contributed by atoms with Gasteiger partial charge in [0.15, 0.2) is 0 Å². The van der Waals surface area contributed by atoms with E-state index in [1.807, 2.05) is 0 Å². The van der Waals surface area contributed by atoms with E-state index in [4.69, 9.17) is 0 Å². The van der Waals surface area contributed by atoms with E-state index in [0.717, 1.165) is 45.3 Å². The van der Waals surface area contributed by atoms with Gasteiger partial charge in [0.1, 0.15) is 0 Å². The number of hydrogen-bond acceptors (Lipinski definition) is 2. The Bertz CT molecular complexity index is 249. The van der Waals surface area contributed by atoms with E-state index in [1.165, 1.54) is 0 Å². The van der Waals surface area contributed by atoms with Crippen molar-refractivity contribution in [1.29, 1.82) is 0 Å². The lowest BCUT2D eigenvalue weighted by molar-refractivity contribution is -0.132. The van der Waals surface area contributed by atoms with Crippen molar-refractivity contribution in [3.05, 3.63) is 0 Å². The minimum Gasteiger partial charge on any atom is -0.356 e. The van der Waals surface area contributed by atoms with Gasteiger partial charge in [-0.3, -0.25) is 4.79 Å². The third-order valence-corrected chi connectivity index (χ3v) is 3.88. The molecule has 1 aliphatic heterocycles. The lowest BCUT2D eigenvalue weighted by Gasteiger charge is -2.35. The first-order chi connectivity index (χ1) is 7.90. The number of amides is 1. The molecular weight excluding hydrogens is 212 g/mol. The first-order valence-corrected chi connectivity index (χ1v) is 6.89. The molecule has 1 heterocycles. The predicted molar refractivity (Wildman–Crippen MR) is 71.9 cm³/mol. The van der Waals surface area contributed by atoms with Gasteiger partial charge >= 0.3 is 0 Å². The first kappa shape index (κ1) is 14.5. The summed E-state index contributed by atoms with van der Waals surface area (Å²) >= 11 is 0. The van der Waals surface area contributed by atoms with Crippen molar-refractivity contribution in [3.63, 3.8) is 0 Å². The summed E-state index contributed by atoms with van der Waals surface area (Å²) in [6, 6.07) is 0. The molecule has 0 bridgehead atoms. The summed E-state index contributed by atoms with van der Waals surface area (Å²) in [4.78, 5) is 12.3. The van der Waals surface area contributed by atoms with E-state index in [0.29, 0.717) is 5.41 Å². The van der Waals surface area contributed by atoms with E-state index < -0.39 is 0 Å². The van der Waals surface area contributed by atoms with Gasteiger partial charge in [0.05, 0.1) is 5.41 Å². The van der Waals surface area contributed by atoms with Crippen molar-refractivity contribution in [2.45, 2.75) is 53.4 Å². The van der Waals surface area contributed by atoms with Crippen LogP contribution in [-0.2, 0) is 4.79 Å². The van der Waals surface area contributed by atoms with Crippen molar-refractivity contribution < 1.29 is 4.79 Å². The highest BCUT2D eigenvalue weighted by Gasteiger charge is 2.37. The smallest absolute Gasteiger partial charge is 0.226 e. The molecule has 0 radical (unpaired) electrons. The van der Waals surface area contributed by atoms with E-state index >= 15 is 0 Å². The number of carbonyl (C=O) groups is 1. The van der Waals surface area contributed by atoms with Crippen LogP contribution in [0.25, 0.3) is 0 Å². The summed E-state index contributed by atoms with van der Waals surface area (Å²) in [6.45, 7) is 11.5. The third-order valence-electron chi connectivity index (χ3n) is 3.88. The molecule has 0 saturated carbocycles. The Hall–Kier alpha value is -0.570. The van der Waals surface area contributed by atoms with E-state index in [1.54, 1.807) is 0 Å². The summed E-state index contributed by atoms with van der Waals surface area (Å²) in [5, 5.41) is 6.46. The molecule has 0 aromatic heterocycles. The van der Waals surface area contributed by atoms with Crippen LogP contribution in [0.5, 0.6) is 0 Å². The highest BCUT2D eigenvalue weighted by molar-refractivity contribution is 5.82. The Morgan fingerprint density at radius 1 is 1.29 bits per heavy atom. The van der Waals surface area contributed by atoms with Crippen molar-refractivity contribution in [2.24, 2.45) is 10.8 Å². The second kappa shape index (κ2) is 5.85. The van der Waals surface area contributed by atoms with Crippen LogP contribution in [0.15, 0.2) is 0 Å². The van der Waals surface area contributed by atoms with Crippen LogP contribution in [-0.4, -0.2) is 25.5 Å². The Morgan fingerprint density at radius 2 is 1.88 bits per heavy atom. The van der Waals surface area contributed by atoms with Gasteiger partial charge in [0, 0.05) is 6.54 Å². The quantitative estimate of drug-likeness (QED) is 0.792. The first-order valence-electron chi connectivity index (χ1n) is 6.89. The van der Waals surface area contributed by atoms with Gasteiger partial charge in [-0.25, -0.2) is 0 Å². The molecule has 3 nitrogen and oxygen atoms in total. The summed E-state index contributed by atoms with van der Waals surface area (Å²) in [6.07, 6.45) is 3.95. The highest BCUT2D eigenvalue weighted by atomic mass is 16.2. The zero-order valence-corrected chi connectivity index (χ0v) is 11.9. The number of nitrogens with one attached hydrogen (secondary N) is 2. The molecular formula is C14H28N2O. The molecule has 17 heavy (non-hydrogen) atoms. The summed E-state index contributed by atoms with van der Waals surface area (Å²) in [7, 11) is 0. The van der Waals surface area contributed by atoms with Crippen molar-refractivity contribution >= 4 is 5.91 Å². The molecule has 1 fully saturated rings. The lowest BCUT2D eigenvalue weighted by Crippen LogP contribution is -2.47. The largest absolute Gasteiger partial charge is 0.356 e. The average molecular weight is 240 g/mol. The number of piperidine rings is 1. The number of carbonyl (C=O) groups excluding carboxylic acids is 1. The predicted octanol–water partition coefficient (Wildman–Crippen LogP) is 2.32. The number of hydrogen-bond donors (Lipinski definition) is 2. The third kappa shape index (κ3) is 4.30. The molecule has 1 aliphatic rings. The van der Waals surface area contributed by atoms with Gasteiger partial charge in [0.25, 0.3) is 0 Å². The fourth-order valence-corrected chi connectivity index (χ4v) is 2.39. The maximum Gasteiger partial charge on any atom is 0.226 e. The fourth-order valence-electron chi connectivity index (χ4n) is 2.39. The van der Waals surface area contributed by atoms with E-state index in [9.17, 15) is 4.79 Å². The zero-order valence-electron chi connectivity index (χ0n) is 11.9. The average Bonchev–Trinajstić information content (AvgIpc) is 2.28. The topological polar surface area (TPSA) is 41.1 Å². The van der Waals surface area contributed by atoms with Gasteiger partial charge in [-0.2, -0.15) is 0 Å².